The first-order chi connectivity index (χ1) is 13.4. The van der Waals surface area contributed by atoms with Gasteiger partial charge in [0.2, 0.25) is 0 Å². The predicted octanol–water partition coefficient (Wildman–Crippen LogP) is 0.718. The van der Waals surface area contributed by atoms with E-state index in [1.807, 2.05) is 19.1 Å². The Kier molecular flexibility index (Phi) is 6.88. The van der Waals surface area contributed by atoms with Crippen LogP contribution in [0.1, 0.15) is 11.1 Å². The van der Waals surface area contributed by atoms with Crippen LogP contribution in [0.15, 0.2) is 36.4 Å². The molecule has 0 aromatic heterocycles. The van der Waals surface area contributed by atoms with Gasteiger partial charge >= 0.3 is 0 Å². The van der Waals surface area contributed by atoms with Gasteiger partial charge in [-0.05, 0) is 42.8 Å². The fraction of sp³-hybridized carbons (Fsp3) is 0.381. The number of halogens is 2. The molecular formula is C21H27ClFN3O2+2. The number of hydrogen-bond acceptors (Lipinski definition) is 2. The molecule has 0 atom stereocenters. The van der Waals surface area contributed by atoms with Gasteiger partial charge in [-0.1, -0.05) is 17.7 Å². The number of methoxy groups -OCH3 is 1. The van der Waals surface area contributed by atoms with E-state index >= 15 is 0 Å². The molecule has 2 aromatic carbocycles. The third kappa shape index (κ3) is 5.44. The SMILES string of the molecule is COc1ccc(F)cc1C[NH+]1CC[NH+](CC(=O)Nc2cc(Cl)ccc2C)CC1. The molecule has 3 N–H and O–H groups in total. The van der Waals surface area contributed by atoms with Crippen molar-refractivity contribution in [3.63, 3.8) is 0 Å². The van der Waals surface area contributed by atoms with E-state index < -0.39 is 0 Å². The first kappa shape index (κ1) is 20.6. The van der Waals surface area contributed by atoms with Crippen LogP contribution in [0.5, 0.6) is 5.75 Å². The van der Waals surface area contributed by atoms with Gasteiger partial charge in [-0.3, -0.25) is 4.79 Å². The number of piperazine rings is 1. The fourth-order valence-electron chi connectivity index (χ4n) is 3.62. The second kappa shape index (κ2) is 9.37. The summed E-state index contributed by atoms with van der Waals surface area (Å²) in [5.41, 5.74) is 2.64. The van der Waals surface area contributed by atoms with Crippen LogP contribution >= 0.6 is 11.6 Å². The lowest BCUT2D eigenvalue weighted by Gasteiger charge is -2.29. The highest BCUT2D eigenvalue weighted by molar-refractivity contribution is 6.31. The number of nitrogens with one attached hydrogen (secondary N) is 3. The summed E-state index contributed by atoms with van der Waals surface area (Å²) in [6, 6.07) is 10.1. The molecule has 150 valence electrons. The maximum atomic E-state index is 13.6. The van der Waals surface area contributed by atoms with Gasteiger partial charge in [-0.15, -0.1) is 0 Å². The summed E-state index contributed by atoms with van der Waals surface area (Å²) in [6.07, 6.45) is 0. The summed E-state index contributed by atoms with van der Waals surface area (Å²) >= 11 is 6.01. The summed E-state index contributed by atoms with van der Waals surface area (Å²) in [6.45, 7) is 6.76. The van der Waals surface area contributed by atoms with E-state index in [9.17, 15) is 9.18 Å². The molecule has 1 fully saturated rings. The molecule has 1 aliphatic heterocycles. The number of carbonyl (C=O) groups excluding carboxylic acids is 1. The van der Waals surface area contributed by atoms with Crippen LogP contribution in [0.3, 0.4) is 0 Å². The van der Waals surface area contributed by atoms with Crippen LogP contribution in [0.4, 0.5) is 10.1 Å². The van der Waals surface area contributed by atoms with Gasteiger partial charge < -0.3 is 19.9 Å². The first-order valence-electron chi connectivity index (χ1n) is 9.50. The van der Waals surface area contributed by atoms with Gasteiger partial charge in [0, 0.05) is 10.7 Å². The number of anilines is 1. The Balaban J connectivity index is 1.49. The first-order valence-corrected chi connectivity index (χ1v) is 9.88. The third-order valence-electron chi connectivity index (χ3n) is 5.23. The van der Waals surface area contributed by atoms with E-state index in [1.165, 1.54) is 15.9 Å². The van der Waals surface area contributed by atoms with E-state index in [-0.39, 0.29) is 11.7 Å². The maximum Gasteiger partial charge on any atom is 0.279 e. The number of carbonyl (C=O) groups is 1. The van der Waals surface area contributed by atoms with E-state index in [2.05, 4.69) is 5.32 Å². The molecule has 1 amide bonds. The minimum Gasteiger partial charge on any atom is -0.496 e. The van der Waals surface area contributed by atoms with Crippen molar-refractivity contribution < 1.29 is 23.7 Å². The minimum atomic E-state index is -0.243. The van der Waals surface area contributed by atoms with Crippen molar-refractivity contribution in [2.75, 3.05) is 45.2 Å². The highest BCUT2D eigenvalue weighted by Gasteiger charge is 2.26. The average Bonchev–Trinajstić information content (AvgIpc) is 2.66. The van der Waals surface area contributed by atoms with Gasteiger partial charge in [0.25, 0.3) is 5.91 Å². The van der Waals surface area contributed by atoms with Crippen LogP contribution in [-0.2, 0) is 11.3 Å². The molecule has 5 nitrogen and oxygen atoms in total. The van der Waals surface area contributed by atoms with Crippen LogP contribution in [0.2, 0.25) is 5.02 Å². The number of aryl methyl sites for hydroxylation is 1. The quantitative estimate of drug-likeness (QED) is 0.661. The maximum absolute atomic E-state index is 13.6. The molecule has 1 aliphatic rings. The second-order valence-corrected chi connectivity index (χ2v) is 7.75. The summed E-state index contributed by atoms with van der Waals surface area (Å²) in [4.78, 5) is 15.0. The van der Waals surface area contributed by atoms with Gasteiger partial charge in [0.05, 0.1) is 12.7 Å². The molecule has 0 saturated carbocycles. The number of ether oxygens (including phenoxy) is 1. The average molecular weight is 408 g/mol. The monoisotopic (exact) mass is 407 g/mol. The zero-order valence-corrected chi connectivity index (χ0v) is 17.0. The van der Waals surface area contributed by atoms with E-state index in [0.717, 1.165) is 55.3 Å². The normalized spacial score (nSPS) is 19.3. The lowest BCUT2D eigenvalue weighted by atomic mass is 10.1. The number of amides is 1. The van der Waals surface area contributed by atoms with Gasteiger partial charge in [-0.2, -0.15) is 0 Å². The van der Waals surface area contributed by atoms with Crippen LogP contribution in [0, 0.1) is 12.7 Å². The largest absolute Gasteiger partial charge is 0.496 e. The zero-order valence-electron chi connectivity index (χ0n) is 16.3. The summed E-state index contributed by atoms with van der Waals surface area (Å²) in [5.74, 6) is 0.475. The summed E-state index contributed by atoms with van der Waals surface area (Å²) < 4.78 is 18.9. The summed E-state index contributed by atoms with van der Waals surface area (Å²) in [5, 5.41) is 3.57. The van der Waals surface area contributed by atoms with Gasteiger partial charge in [0.1, 0.15) is 44.3 Å². The highest BCUT2D eigenvalue weighted by Crippen LogP contribution is 2.20. The van der Waals surface area contributed by atoms with E-state index in [4.69, 9.17) is 16.3 Å². The van der Waals surface area contributed by atoms with Gasteiger partial charge in [-0.25, -0.2) is 4.39 Å². The predicted molar refractivity (Wildman–Crippen MR) is 108 cm³/mol. The topological polar surface area (TPSA) is 47.2 Å². The van der Waals surface area contributed by atoms with Crippen molar-refractivity contribution in [3.05, 3.63) is 58.4 Å². The smallest absolute Gasteiger partial charge is 0.279 e. The molecule has 0 aliphatic carbocycles. The lowest BCUT2D eigenvalue weighted by molar-refractivity contribution is -1.02. The Bertz CT molecular complexity index is 838. The van der Waals surface area contributed by atoms with Crippen molar-refractivity contribution in [3.8, 4) is 5.75 Å². The van der Waals surface area contributed by atoms with Crippen LogP contribution in [0.25, 0.3) is 0 Å². The second-order valence-electron chi connectivity index (χ2n) is 7.32. The minimum absolute atomic E-state index is 0.00406. The molecule has 1 saturated heterocycles. The molecule has 7 heteroatoms. The third-order valence-corrected chi connectivity index (χ3v) is 5.47. The van der Waals surface area contributed by atoms with E-state index in [1.54, 1.807) is 25.3 Å². The van der Waals surface area contributed by atoms with Crippen molar-refractivity contribution in [1.29, 1.82) is 0 Å². The van der Waals surface area contributed by atoms with Gasteiger partial charge in [0.15, 0.2) is 6.54 Å². The Morgan fingerprint density at radius 3 is 2.57 bits per heavy atom. The van der Waals surface area contributed by atoms with Crippen LogP contribution < -0.4 is 19.9 Å². The number of benzene rings is 2. The number of quaternary nitrogens is 2. The number of rotatable bonds is 6. The molecule has 0 unspecified atom stereocenters. The molecule has 0 spiro atoms. The Labute approximate surface area is 170 Å². The summed E-state index contributed by atoms with van der Waals surface area (Å²) in [7, 11) is 1.61. The molecule has 2 aromatic rings. The lowest BCUT2D eigenvalue weighted by Crippen LogP contribution is -3.28. The van der Waals surface area contributed by atoms with Crippen molar-refractivity contribution in [2.45, 2.75) is 13.5 Å². The van der Waals surface area contributed by atoms with Crippen molar-refractivity contribution >= 4 is 23.2 Å². The Hall–Kier alpha value is -2.15. The molecular weight excluding hydrogens is 381 g/mol. The molecule has 28 heavy (non-hydrogen) atoms. The van der Waals surface area contributed by atoms with E-state index in [0.29, 0.717) is 11.6 Å². The highest BCUT2D eigenvalue weighted by atomic mass is 35.5. The van der Waals surface area contributed by atoms with Crippen LogP contribution in [-0.4, -0.2) is 45.7 Å². The Morgan fingerprint density at radius 2 is 1.86 bits per heavy atom. The molecule has 0 bridgehead atoms. The molecule has 3 rings (SSSR count). The van der Waals surface area contributed by atoms with Crippen molar-refractivity contribution in [1.82, 2.24) is 0 Å². The molecule has 0 radical (unpaired) electrons. The molecule has 1 heterocycles. The fourth-order valence-corrected chi connectivity index (χ4v) is 3.79. The number of hydrogen-bond donors (Lipinski definition) is 3. The standard InChI is InChI=1S/C21H25ClFN3O2/c1-15-3-4-17(22)12-19(15)24-21(27)14-26-9-7-25(8-10-26)13-16-11-18(23)5-6-20(16)28-2/h3-6,11-12H,7-10,13-14H2,1-2H3,(H,24,27)/p+2. The zero-order chi connectivity index (χ0) is 20.1. The Morgan fingerprint density at radius 1 is 1.14 bits per heavy atom. The van der Waals surface area contributed by atoms with Crippen molar-refractivity contribution in [2.24, 2.45) is 0 Å².